The van der Waals surface area contributed by atoms with Crippen molar-refractivity contribution in [2.24, 2.45) is 17.3 Å². The van der Waals surface area contributed by atoms with Crippen molar-refractivity contribution >= 4 is 0 Å². The standard InChI is InChI=1S/C15H26O/c1-11-6-5-8-15(4)9-7-12(10-13(11)15)14(2,3)16/h12-13,16H,1,5-10H2,2-4H3/t12?,13?,15-/m1/s1. The molecule has 2 saturated carbocycles. The third-order valence-electron chi connectivity index (χ3n) is 5.16. The molecular weight excluding hydrogens is 196 g/mol. The lowest BCUT2D eigenvalue weighted by atomic mass is 9.55. The van der Waals surface area contributed by atoms with Crippen LogP contribution in [0.4, 0.5) is 0 Å². The first-order valence-electron chi connectivity index (χ1n) is 6.73. The Morgan fingerprint density at radius 2 is 2.06 bits per heavy atom. The molecule has 3 atom stereocenters. The van der Waals surface area contributed by atoms with Gasteiger partial charge in [0.25, 0.3) is 0 Å². The molecule has 1 N–H and O–H groups in total. The zero-order valence-corrected chi connectivity index (χ0v) is 11.1. The van der Waals surface area contributed by atoms with Crippen molar-refractivity contribution in [2.45, 2.75) is 64.9 Å². The van der Waals surface area contributed by atoms with E-state index in [1.807, 2.05) is 13.8 Å². The van der Waals surface area contributed by atoms with Gasteiger partial charge < -0.3 is 5.11 Å². The molecule has 0 bridgehead atoms. The summed E-state index contributed by atoms with van der Waals surface area (Å²) in [7, 11) is 0. The highest BCUT2D eigenvalue weighted by molar-refractivity contribution is 5.13. The molecule has 0 amide bonds. The first kappa shape index (κ1) is 12.2. The van der Waals surface area contributed by atoms with Crippen LogP contribution in [0.1, 0.15) is 59.3 Å². The van der Waals surface area contributed by atoms with E-state index in [2.05, 4.69) is 13.5 Å². The smallest absolute Gasteiger partial charge is 0.0620 e. The molecule has 92 valence electrons. The topological polar surface area (TPSA) is 20.2 Å². The van der Waals surface area contributed by atoms with Gasteiger partial charge in [0.1, 0.15) is 0 Å². The van der Waals surface area contributed by atoms with Crippen LogP contribution in [0.15, 0.2) is 12.2 Å². The summed E-state index contributed by atoms with van der Waals surface area (Å²) in [4.78, 5) is 0. The number of rotatable bonds is 1. The third-order valence-corrected chi connectivity index (χ3v) is 5.16. The minimum absolute atomic E-state index is 0.459. The second-order valence-electron chi connectivity index (χ2n) is 6.84. The van der Waals surface area contributed by atoms with E-state index in [9.17, 15) is 5.11 Å². The van der Waals surface area contributed by atoms with Gasteiger partial charge in [-0.15, -0.1) is 0 Å². The van der Waals surface area contributed by atoms with Gasteiger partial charge in [-0.05, 0) is 69.6 Å². The maximum Gasteiger partial charge on any atom is 0.0620 e. The van der Waals surface area contributed by atoms with Crippen LogP contribution < -0.4 is 0 Å². The van der Waals surface area contributed by atoms with E-state index in [4.69, 9.17) is 0 Å². The van der Waals surface area contributed by atoms with E-state index >= 15 is 0 Å². The van der Waals surface area contributed by atoms with Crippen molar-refractivity contribution < 1.29 is 5.11 Å². The number of allylic oxidation sites excluding steroid dienone is 1. The fourth-order valence-corrected chi connectivity index (χ4v) is 3.86. The van der Waals surface area contributed by atoms with Crippen LogP contribution in [0.3, 0.4) is 0 Å². The first-order chi connectivity index (χ1) is 7.33. The van der Waals surface area contributed by atoms with Crippen molar-refractivity contribution in [1.82, 2.24) is 0 Å². The largest absolute Gasteiger partial charge is 0.390 e. The quantitative estimate of drug-likeness (QED) is 0.667. The van der Waals surface area contributed by atoms with Gasteiger partial charge in [-0.3, -0.25) is 0 Å². The van der Waals surface area contributed by atoms with Crippen molar-refractivity contribution in [3.8, 4) is 0 Å². The predicted molar refractivity (Wildman–Crippen MR) is 68.2 cm³/mol. The van der Waals surface area contributed by atoms with Gasteiger partial charge in [-0.25, -0.2) is 0 Å². The van der Waals surface area contributed by atoms with Gasteiger partial charge in [0.05, 0.1) is 5.60 Å². The average Bonchev–Trinajstić information content (AvgIpc) is 2.15. The summed E-state index contributed by atoms with van der Waals surface area (Å²) in [5, 5.41) is 10.2. The fourth-order valence-electron chi connectivity index (χ4n) is 3.86. The maximum absolute atomic E-state index is 10.2. The monoisotopic (exact) mass is 222 g/mol. The zero-order valence-electron chi connectivity index (χ0n) is 11.1. The molecular formula is C15H26O. The van der Waals surface area contributed by atoms with Crippen LogP contribution in [0, 0.1) is 17.3 Å². The van der Waals surface area contributed by atoms with Crippen LogP contribution in [-0.4, -0.2) is 10.7 Å². The lowest BCUT2D eigenvalue weighted by Gasteiger charge is -2.50. The summed E-state index contributed by atoms with van der Waals surface area (Å²) in [6.45, 7) is 10.6. The molecule has 16 heavy (non-hydrogen) atoms. The normalized spacial score (nSPS) is 40.6. The summed E-state index contributed by atoms with van der Waals surface area (Å²) in [6, 6.07) is 0. The van der Waals surface area contributed by atoms with Crippen molar-refractivity contribution in [3.63, 3.8) is 0 Å². The number of aliphatic hydroxyl groups is 1. The molecule has 0 aliphatic heterocycles. The molecule has 2 aliphatic carbocycles. The molecule has 0 aromatic rings. The minimum atomic E-state index is -0.515. The van der Waals surface area contributed by atoms with Gasteiger partial charge in [0, 0.05) is 0 Å². The Labute approximate surface area is 99.9 Å². The van der Waals surface area contributed by atoms with Crippen LogP contribution in [0.2, 0.25) is 0 Å². The first-order valence-corrected chi connectivity index (χ1v) is 6.73. The second-order valence-corrected chi connectivity index (χ2v) is 6.84. The lowest BCUT2D eigenvalue weighted by molar-refractivity contribution is -0.0406. The van der Waals surface area contributed by atoms with Gasteiger partial charge in [0.2, 0.25) is 0 Å². The maximum atomic E-state index is 10.2. The van der Waals surface area contributed by atoms with Crippen molar-refractivity contribution in [1.29, 1.82) is 0 Å². The Kier molecular flexibility index (Phi) is 2.94. The van der Waals surface area contributed by atoms with E-state index in [1.165, 1.54) is 37.7 Å². The van der Waals surface area contributed by atoms with Gasteiger partial charge in [0.15, 0.2) is 0 Å². The third kappa shape index (κ3) is 2.07. The second kappa shape index (κ2) is 3.87. The van der Waals surface area contributed by atoms with Gasteiger partial charge in [-0.1, -0.05) is 19.1 Å². The highest BCUT2D eigenvalue weighted by Crippen LogP contribution is 2.54. The summed E-state index contributed by atoms with van der Waals surface area (Å²) in [6.07, 6.45) is 7.49. The van der Waals surface area contributed by atoms with Gasteiger partial charge >= 0.3 is 0 Å². The molecule has 1 heteroatoms. The van der Waals surface area contributed by atoms with E-state index in [0.717, 1.165) is 6.42 Å². The Morgan fingerprint density at radius 3 is 2.69 bits per heavy atom. The predicted octanol–water partition coefficient (Wildman–Crippen LogP) is 3.92. The van der Waals surface area contributed by atoms with E-state index in [1.54, 1.807) is 0 Å². The van der Waals surface area contributed by atoms with Crippen LogP contribution >= 0.6 is 0 Å². The molecule has 2 aliphatic rings. The van der Waals surface area contributed by atoms with Crippen LogP contribution in [-0.2, 0) is 0 Å². The molecule has 1 nitrogen and oxygen atoms in total. The Morgan fingerprint density at radius 1 is 1.38 bits per heavy atom. The molecule has 0 heterocycles. The molecule has 0 radical (unpaired) electrons. The summed E-state index contributed by atoms with van der Waals surface area (Å²) < 4.78 is 0. The summed E-state index contributed by atoms with van der Waals surface area (Å²) in [5.41, 5.74) is 1.42. The highest BCUT2D eigenvalue weighted by atomic mass is 16.3. The van der Waals surface area contributed by atoms with Crippen molar-refractivity contribution in [3.05, 3.63) is 12.2 Å². The molecule has 0 spiro atoms. The van der Waals surface area contributed by atoms with Gasteiger partial charge in [-0.2, -0.15) is 0 Å². The zero-order chi connectivity index (χ0) is 12.0. The minimum Gasteiger partial charge on any atom is -0.390 e. The highest BCUT2D eigenvalue weighted by Gasteiger charge is 2.45. The molecule has 0 aromatic heterocycles. The fraction of sp³-hybridized carbons (Fsp3) is 0.867. The lowest BCUT2D eigenvalue weighted by Crippen LogP contribution is -2.43. The van der Waals surface area contributed by atoms with E-state index in [-0.39, 0.29) is 0 Å². The Bertz CT molecular complexity index is 286. The summed E-state index contributed by atoms with van der Waals surface area (Å²) in [5.74, 6) is 1.12. The van der Waals surface area contributed by atoms with Crippen LogP contribution in [0.25, 0.3) is 0 Å². The summed E-state index contributed by atoms with van der Waals surface area (Å²) >= 11 is 0. The molecule has 0 aromatic carbocycles. The molecule has 0 saturated heterocycles. The SMILES string of the molecule is C=C1CCC[C@]2(C)CCC(C(C)(C)O)CC12. The van der Waals surface area contributed by atoms with Crippen molar-refractivity contribution in [2.75, 3.05) is 0 Å². The average molecular weight is 222 g/mol. The molecule has 2 unspecified atom stereocenters. The van der Waals surface area contributed by atoms with E-state index in [0.29, 0.717) is 17.3 Å². The number of fused-ring (bicyclic) bond motifs is 1. The van der Waals surface area contributed by atoms with E-state index < -0.39 is 5.60 Å². The van der Waals surface area contributed by atoms with Crippen LogP contribution in [0.5, 0.6) is 0 Å². The number of hydrogen-bond acceptors (Lipinski definition) is 1. The molecule has 2 fully saturated rings. The molecule has 2 rings (SSSR count). The number of hydrogen-bond donors (Lipinski definition) is 1. The Hall–Kier alpha value is -0.300. The Balaban J connectivity index is 2.15.